The summed E-state index contributed by atoms with van der Waals surface area (Å²) >= 11 is 5.79. The Bertz CT molecular complexity index is 911. The van der Waals surface area contributed by atoms with Gasteiger partial charge in [0.2, 0.25) is 5.91 Å². The summed E-state index contributed by atoms with van der Waals surface area (Å²) in [5.74, 6) is -0.513. The highest BCUT2D eigenvalue weighted by atomic mass is 35.5. The average molecular weight is 404 g/mol. The van der Waals surface area contributed by atoms with E-state index in [2.05, 4.69) is 5.32 Å². The molecular weight excluding hydrogens is 381 g/mol. The second-order valence-corrected chi connectivity index (χ2v) is 8.39. The number of nitrogens with zero attached hydrogens (tertiary/aromatic N) is 2. The van der Waals surface area contributed by atoms with Crippen molar-refractivity contribution in [3.63, 3.8) is 0 Å². The maximum Gasteiger partial charge on any atom is 0.326 e. The van der Waals surface area contributed by atoms with Gasteiger partial charge >= 0.3 is 6.03 Å². The molecule has 0 aliphatic carbocycles. The minimum Gasteiger partial charge on any atom is -0.309 e. The highest BCUT2D eigenvalue weighted by Crippen LogP contribution is 2.35. The molecule has 148 valence electrons. The summed E-state index contributed by atoms with van der Waals surface area (Å²) in [5.41, 5.74) is 1.64. The maximum atomic E-state index is 13.3. The van der Waals surface area contributed by atoms with Gasteiger partial charge in [0.25, 0.3) is 0 Å². The van der Waals surface area contributed by atoms with Gasteiger partial charge in [-0.3, -0.25) is 9.69 Å². The Labute approximate surface area is 169 Å². The SMILES string of the molecule is CC(C)(C)CC(=O)N1CCN(C(=O)Nc2ccc(F)c(Cl)c2)c2ccccc21. The summed E-state index contributed by atoms with van der Waals surface area (Å²) < 4.78 is 13.3. The number of carbonyl (C=O) groups is 2. The molecule has 0 bridgehead atoms. The van der Waals surface area contributed by atoms with Crippen molar-refractivity contribution < 1.29 is 14.0 Å². The van der Waals surface area contributed by atoms with Crippen LogP contribution in [0.1, 0.15) is 27.2 Å². The monoisotopic (exact) mass is 403 g/mol. The molecule has 5 nitrogen and oxygen atoms in total. The third kappa shape index (κ3) is 4.44. The normalized spacial score (nSPS) is 13.9. The second kappa shape index (κ2) is 7.80. The Balaban J connectivity index is 1.83. The molecule has 0 saturated carbocycles. The van der Waals surface area contributed by atoms with Gasteiger partial charge in [-0.2, -0.15) is 0 Å². The Morgan fingerprint density at radius 2 is 1.68 bits per heavy atom. The zero-order valence-corrected chi connectivity index (χ0v) is 16.9. The number of carbonyl (C=O) groups excluding carboxylic acids is 2. The van der Waals surface area contributed by atoms with Gasteiger partial charge in [0.15, 0.2) is 0 Å². The predicted molar refractivity (Wildman–Crippen MR) is 111 cm³/mol. The molecule has 1 aliphatic heterocycles. The van der Waals surface area contributed by atoms with Crippen LogP contribution in [-0.2, 0) is 4.79 Å². The number of amides is 3. The van der Waals surface area contributed by atoms with E-state index in [1.165, 1.54) is 18.2 Å². The fourth-order valence-corrected chi connectivity index (χ4v) is 3.33. The Morgan fingerprint density at radius 1 is 1.07 bits per heavy atom. The van der Waals surface area contributed by atoms with E-state index in [1.807, 2.05) is 45.0 Å². The van der Waals surface area contributed by atoms with Gasteiger partial charge in [0.1, 0.15) is 5.82 Å². The van der Waals surface area contributed by atoms with Crippen molar-refractivity contribution in [2.24, 2.45) is 5.41 Å². The number of anilines is 3. The van der Waals surface area contributed by atoms with E-state index in [0.717, 1.165) is 0 Å². The predicted octanol–water partition coefficient (Wildman–Crippen LogP) is 5.30. The van der Waals surface area contributed by atoms with Gasteiger partial charge in [0, 0.05) is 25.2 Å². The van der Waals surface area contributed by atoms with Crippen molar-refractivity contribution in [2.75, 3.05) is 28.2 Å². The molecule has 2 aromatic carbocycles. The zero-order valence-electron chi connectivity index (χ0n) is 16.1. The molecule has 3 rings (SSSR count). The highest BCUT2D eigenvalue weighted by molar-refractivity contribution is 6.31. The number of hydrogen-bond acceptors (Lipinski definition) is 2. The molecule has 0 saturated heterocycles. The smallest absolute Gasteiger partial charge is 0.309 e. The van der Waals surface area contributed by atoms with E-state index < -0.39 is 5.82 Å². The molecule has 28 heavy (non-hydrogen) atoms. The van der Waals surface area contributed by atoms with Crippen LogP contribution in [-0.4, -0.2) is 25.0 Å². The van der Waals surface area contributed by atoms with Crippen LogP contribution in [0.3, 0.4) is 0 Å². The van der Waals surface area contributed by atoms with Crippen LogP contribution in [0.25, 0.3) is 0 Å². The first-order chi connectivity index (χ1) is 13.2. The molecule has 7 heteroatoms. The third-order valence-corrected chi connectivity index (χ3v) is 4.70. The minimum absolute atomic E-state index is 0.0327. The number of hydrogen-bond donors (Lipinski definition) is 1. The molecule has 0 radical (unpaired) electrons. The minimum atomic E-state index is -0.545. The van der Waals surface area contributed by atoms with Gasteiger partial charge in [-0.25, -0.2) is 9.18 Å². The number of nitrogens with one attached hydrogen (secondary N) is 1. The lowest BCUT2D eigenvalue weighted by Gasteiger charge is -2.37. The molecule has 0 unspecified atom stereocenters. The quantitative estimate of drug-likeness (QED) is 0.739. The van der Waals surface area contributed by atoms with E-state index in [4.69, 9.17) is 11.6 Å². The molecule has 1 N–H and O–H groups in total. The first kappa shape index (κ1) is 20.1. The zero-order chi connectivity index (χ0) is 20.5. The van der Waals surface area contributed by atoms with Crippen molar-refractivity contribution in [3.05, 3.63) is 53.3 Å². The lowest BCUT2D eigenvalue weighted by atomic mass is 9.91. The first-order valence-corrected chi connectivity index (χ1v) is 9.46. The number of rotatable bonds is 2. The number of fused-ring (bicyclic) bond motifs is 1. The first-order valence-electron chi connectivity index (χ1n) is 9.09. The van der Waals surface area contributed by atoms with Crippen LogP contribution in [0.2, 0.25) is 5.02 Å². The van der Waals surface area contributed by atoms with E-state index in [1.54, 1.807) is 9.80 Å². The number of para-hydroxylation sites is 2. The van der Waals surface area contributed by atoms with Crippen molar-refractivity contribution >= 4 is 40.6 Å². The van der Waals surface area contributed by atoms with Gasteiger partial charge in [-0.15, -0.1) is 0 Å². The van der Waals surface area contributed by atoms with Crippen molar-refractivity contribution in [1.82, 2.24) is 0 Å². The number of urea groups is 1. The topological polar surface area (TPSA) is 52.7 Å². The van der Waals surface area contributed by atoms with Gasteiger partial charge in [-0.1, -0.05) is 44.5 Å². The number of benzene rings is 2. The Kier molecular flexibility index (Phi) is 5.61. The Morgan fingerprint density at radius 3 is 2.29 bits per heavy atom. The fraction of sp³-hybridized carbons (Fsp3) is 0.333. The molecule has 3 amide bonds. The van der Waals surface area contributed by atoms with Gasteiger partial charge in [0.05, 0.1) is 16.4 Å². The molecule has 1 aliphatic rings. The van der Waals surface area contributed by atoms with Crippen molar-refractivity contribution in [2.45, 2.75) is 27.2 Å². The largest absolute Gasteiger partial charge is 0.326 e. The van der Waals surface area contributed by atoms with Crippen LogP contribution >= 0.6 is 11.6 Å². The number of halogens is 2. The summed E-state index contributed by atoms with van der Waals surface area (Å²) in [7, 11) is 0. The summed E-state index contributed by atoms with van der Waals surface area (Å²) in [6.07, 6.45) is 0.418. The molecule has 0 aromatic heterocycles. The molecule has 0 spiro atoms. The van der Waals surface area contributed by atoms with Crippen molar-refractivity contribution in [3.8, 4) is 0 Å². The van der Waals surface area contributed by atoms with Crippen LogP contribution in [0.4, 0.5) is 26.2 Å². The summed E-state index contributed by atoms with van der Waals surface area (Å²) in [6, 6.07) is 11.0. The lowest BCUT2D eigenvalue weighted by molar-refractivity contribution is -0.120. The fourth-order valence-electron chi connectivity index (χ4n) is 3.15. The van der Waals surface area contributed by atoms with Gasteiger partial charge in [-0.05, 0) is 35.7 Å². The average Bonchev–Trinajstić information content (AvgIpc) is 2.62. The van der Waals surface area contributed by atoms with Crippen LogP contribution < -0.4 is 15.1 Å². The maximum absolute atomic E-state index is 13.3. The van der Waals surface area contributed by atoms with Crippen LogP contribution in [0.15, 0.2) is 42.5 Å². The third-order valence-electron chi connectivity index (χ3n) is 4.41. The summed E-state index contributed by atoms with van der Waals surface area (Å²) in [4.78, 5) is 28.9. The van der Waals surface area contributed by atoms with E-state index in [-0.39, 0.29) is 22.4 Å². The highest BCUT2D eigenvalue weighted by Gasteiger charge is 2.31. The molecule has 0 atom stereocenters. The second-order valence-electron chi connectivity index (χ2n) is 7.98. The van der Waals surface area contributed by atoms with E-state index in [0.29, 0.717) is 36.6 Å². The summed E-state index contributed by atoms with van der Waals surface area (Å²) in [5, 5.41) is 2.68. The molecule has 0 fully saturated rings. The van der Waals surface area contributed by atoms with Crippen LogP contribution in [0.5, 0.6) is 0 Å². The summed E-state index contributed by atoms with van der Waals surface area (Å²) in [6.45, 7) is 6.83. The molecular formula is C21H23ClFN3O2. The van der Waals surface area contributed by atoms with Gasteiger partial charge < -0.3 is 10.2 Å². The molecule has 2 aromatic rings. The van der Waals surface area contributed by atoms with Crippen molar-refractivity contribution in [1.29, 1.82) is 0 Å². The Hall–Kier alpha value is -2.60. The van der Waals surface area contributed by atoms with E-state index >= 15 is 0 Å². The van der Waals surface area contributed by atoms with Crippen LogP contribution in [0, 0.1) is 11.2 Å². The van der Waals surface area contributed by atoms with E-state index in [9.17, 15) is 14.0 Å². The lowest BCUT2D eigenvalue weighted by Crippen LogP contribution is -2.48. The molecule has 1 heterocycles. The standard InChI is InChI=1S/C21H23ClFN3O2/c1-21(2,3)13-19(27)25-10-11-26(18-7-5-4-6-17(18)25)20(28)24-14-8-9-16(23)15(22)12-14/h4-9,12H,10-11,13H2,1-3H3,(H,24,28).